The Hall–Kier alpha value is -3.39. The number of rotatable bonds is 9. The molecule has 7 nitrogen and oxygen atoms in total. The van der Waals surface area contributed by atoms with Gasteiger partial charge in [-0.25, -0.2) is 0 Å². The van der Waals surface area contributed by atoms with E-state index < -0.39 is 0 Å². The third-order valence-electron chi connectivity index (χ3n) is 4.82. The number of thioether (sulfide) groups is 1. The summed E-state index contributed by atoms with van der Waals surface area (Å²) in [5.74, 6) is 1.61. The van der Waals surface area contributed by atoms with Gasteiger partial charge in [0.1, 0.15) is 0 Å². The number of nitrogens with zero attached hydrogens (tertiary/aromatic N) is 5. The van der Waals surface area contributed by atoms with Gasteiger partial charge >= 0.3 is 0 Å². The highest BCUT2D eigenvalue weighted by atomic mass is 32.2. The zero-order valence-electron chi connectivity index (χ0n) is 17.2. The number of hydrogen-bond acceptors (Lipinski definition) is 6. The predicted octanol–water partition coefficient (Wildman–Crippen LogP) is 3.77. The van der Waals surface area contributed by atoms with Crippen LogP contribution < -0.4 is 0 Å². The Morgan fingerprint density at radius 1 is 1.06 bits per heavy atom. The van der Waals surface area contributed by atoms with Gasteiger partial charge in [0.15, 0.2) is 10.9 Å². The molecule has 8 heteroatoms. The van der Waals surface area contributed by atoms with E-state index in [1.165, 1.54) is 11.8 Å². The van der Waals surface area contributed by atoms with Gasteiger partial charge < -0.3 is 9.32 Å². The van der Waals surface area contributed by atoms with Gasteiger partial charge in [0.2, 0.25) is 11.7 Å². The number of furan rings is 1. The second kappa shape index (κ2) is 10.1. The fourth-order valence-corrected chi connectivity index (χ4v) is 3.96. The number of benzene rings is 1. The standard InChI is InChI=1S/C23H23N5O2S/c1-27(14-12-19-10-5-6-13-24-19)21(29)17-31-23-26-25-22(20-11-7-15-30-20)28(23)16-18-8-3-2-4-9-18/h2-11,13,15H,12,14,16-17H2,1H3. The molecule has 1 amide bonds. The average molecular weight is 434 g/mol. The van der Waals surface area contributed by atoms with Crippen molar-refractivity contribution in [3.8, 4) is 11.6 Å². The molecule has 158 valence electrons. The number of carbonyl (C=O) groups is 1. The summed E-state index contributed by atoms with van der Waals surface area (Å²) in [7, 11) is 1.81. The molecule has 0 bridgehead atoms. The third kappa shape index (κ3) is 5.40. The lowest BCUT2D eigenvalue weighted by molar-refractivity contribution is -0.127. The molecular formula is C23H23N5O2S. The molecule has 4 aromatic rings. The van der Waals surface area contributed by atoms with Crippen LogP contribution in [0.1, 0.15) is 11.3 Å². The molecule has 3 aromatic heterocycles. The van der Waals surface area contributed by atoms with E-state index in [1.54, 1.807) is 17.4 Å². The van der Waals surface area contributed by atoms with E-state index in [0.29, 0.717) is 29.8 Å². The molecular weight excluding hydrogens is 410 g/mol. The number of hydrogen-bond donors (Lipinski definition) is 0. The second-order valence-corrected chi connectivity index (χ2v) is 7.97. The fourth-order valence-electron chi connectivity index (χ4n) is 3.08. The summed E-state index contributed by atoms with van der Waals surface area (Å²) >= 11 is 1.38. The largest absolute Gasteiger partial charge is 0.461 e. The van der Waals surface area contributed by atoms with Crippen LogP contribution in [0.25, 0.3) is 11.6 Å². The molecule has 0 saturated carbocycles. The van der Waals surface area contributed by atoms with Gasteiger partial charge in [-0.2, -0.15) is 0 Å². The van der Waals surface area contributed by atoms with Crippen LogP contribution in [0.15, 0.2) is 82.7 Å². The van der Waals surface area contributed by atoms with E-state index in [9.17, 15) is 4.79 Å². The maximum atomic E-state index is 12.7. The molecule has 4 rings (SSSR count). The van der Waals surface area contributed by atoms with Crippen molar-refractivity contribution in [2.24, 2.45) is 0 Å². The van der Waals surface area contributed by atoms with Gasteiger partial charge in [0.05, 0.1) is 18.6 Å². The van der Waals surface area contributed by atoms with Crippen molar-refractivity contribution in [3.05, 3.63) is 84.4 Å². The highest BCUT2D eigenvalue weighted by Gasteiger charge is 2.18. The highest BCUT2D eigenvalue weighted by Crippen LogP contribution is 2.25. The Kier molecular flexibility index (Phi) is 6.78. The number of likely N-dealkylation sites (N-methyl/N-ethyl adjacent to an activating group) is 1. The van der Waals surface area contributed by atoms with Crippen LogP contribution in [-0.2, 0) is 17.8 Å². The van der Waals surface area contributed by atoms with E-state index in [4.69, 9.17) is 4.42 Å². The summed E-state index contributed by atoms with van der Waals surface area (Å²) in [5, 5.41) is 9.33. The summed E-state index contributed by atoms with van der Waals surface area (Å²) in [6, 6.07) is 19.6. The van der Waals surface area contributed by atoms with Crippen molar-refractivity contribution >= 4 is 17.7 Å². The van der Waals surface area contributed by atoms with Crippen molar-refractivity contribution < 1.29 is 9.21 Å². The zero-order valence-corrected chi connectivity index (χ0v) is 18.0. The molecule has 0 atom stereocenters. The molecule has 1 aromatic carbocycles. The van der Waals surface area contributed by atoms with Crippen LogP contribution in [-0.4, -0.2) is 49.9 Å². The molecule has 0 N–H and O–H groups in total. The Labute approximate surface area is 185 Å². The molecule has 0 saturated heterocycles. The van der Waals surface area contributed by atoms with Crippen molar-refractivity contribution in [2.45, 2.75) is 18.1 Å². The van der Waals surface area contributed by atoms with Crippen LogP contribution in [0, 0.1) is 0 Å². The zero-order chi connectivity index (χ0) is 21.5. The summed E-state index contributed by atoms with van der Waals surface area (Å²) in [4.78, 5) is 18.7. The van der Waals surface area contributed by atoms with Crippen molar-refractivity contribution in [3.63, 3.8) is 0 Å². The number of pyridine rings is 1. The van der Waals surface area contributed by atoms with E-state index >= 15 is 0 Å². The Balaban J connectivity index is 1.43. The average Bonchev–Trinajstić information content (AvgIpc) is 3.47. The lowest BCUT2D eigenvalue weighted by atomic mass is 10.2. The molecule has 3 heterocycles. The molecule has 0 spiro atoms. The first-order chi connectivity index (χ1) is 15.2. The number of carbonyl (C=O) groups excluding carboxylic acids is 1. The Morgan fingerprint density at radius 3 is 2.65 bits per heavy atom. The minimum Gasteiger partial charge on any atom is -0.461 e. The van der Waals surface area contributed by atoms with Gasteiger partial charge in [-0.05, 0) is 29.8 Å². The maximum absolute atomic E-state index is 12.7. The summed E-state index contributed by atoms with van der Waals surface area (Å²) < 4.78 is 7.52. The predicted molar refractivity (Wildman–Crippen MR) is 120 cm³/mol. The Bertz CT molecular complexity index is 1100. The topological polar surface area (TPSA) is 77.1 Å². The SMILES string of the molecule is CN(CCc1ccccn1)C(=O)CSc1nnc(-c2ccco2)n1Cc1ccccc1. The fraction of sp³-hybridized carbons (Fsp3) is 0.217. The number of amides is 1. The van der Waals surface area contributed by atoms with E-state index in [1.807, 2.05) is 60.1 Å². The lowest BCUT2D eigenvalue weighted by Crippen LogP contribution is -2.30. The van der Waals surface area contributed by atoms with Gasteiger partial charge in [0.25, 0.3) is 0 Å². The number of aromatic nitrogens is 4. The van der Waals surface area contributed by atoms with Crippen LogP contribution in [0.4, 0.5) is 0 Å². The molecule has 0 unspecified atom stereocenters. The molecule has 0 radical (unpaired) electrons. The normalized spacial score (nSPS) is 10.9. The van der Waals surface area contributed by atoms with Crippen LogP contribution >= 0.6 is 11.8 Å². The van der Waals surface area contributed by atoms with Crippen molar-refractivity contribution in [1.29, 1.82) is 0 Å². The first-order valence-corrected chi connectivity index (χ1v) is 11.0. The van der Waals surface area contributed by atoms with Crippen molar-refractivity contribution in [1.82, 2.24) is 24.6 Å². The minimum absolute atomic E-state index is 0.0368. The molecule has 0 aliphatic heterocycles. The maximum Gasteiger partial charge on any atom is 0.232 e. The third-order valence-corrected chi connectivity index (χ3v) is 5.77. The van der Waals surface area contributed by atoms with E-state index in [0.717, 1.165) is 17.7 Å². The van der Waals surface area contributed by atoms with E-state index in [2.05, 4.69) is 27.3 Å². The van der Waals surface area contributed by atoms with Crippen LogP contribution in [0.3, 0.4) is 0 Å². The van der Waals surface area contributed by atoms with Crippen molar-refractivity contribution in [2.75, 3.05) is 19.3 Å². The highest BCUT2D eigenvalue weighted by molar-refractivity contribution is 7.99. The summed E-state index contributed by atoms with van der Waals surface area (Å²) in [6.45, 7) is 1.21. The summed E-state index contributed by atoms with van der Waals surface area (Å²) in [5.41, 5.74) is 2.09. The smallest absolute Gasteiger partial charge is 0.232 e. The van der Waals surface area contributed by atoms with Gasteiger partial charge in [-0.3, -0.25) is 14.3 Å². The first kappa shape index (κ1) is 20.9. The first-order valence-electron chi connectivity index (χ1n) is 9.98. The quantitative estimate of drug-likeness (QED) is 0.374. The van der Waals surface area contributed by atoms with E-state index in [-0.39, 0.29) is 11.7 Å². The molecule has 0 aliphatic carbocycles. The lowest BCUT2D eigenvalue weighted by Gasteiger charge is -2.16. The van der Waals surface area contributed by atoms with Gasteiger partial charge in [-0.1, -0.05) is 48.2 Å². The Morgan fingerprint density at radius 2 is 1.90 bits per heavy atom. The van der Waals surface area contributed by atoms with Crippen LogP contribution in [0.5, 0.6) is 0 Å². The summed E-state index contributed by atoms with van der Waals surface area (Å²) in [6.07, 6.45) is 4.10. The molecule has 0 fully saturated rings. The molecule has 31 heavy (non-hydrogen) atoms. The van der Waals surface area contributed by atoms with Gasteiger partial charge in [0, 0.05) is 31.9 Å². The van der Waals surface area contributed by atoms with Crippen LogP contribution in [0.2, 0.25) is 0 Å². The second-order valence-electron chi connectivity index (χ2n) is 7.03. The van der Waals surface area contributed by atoms with Gasteiger partial charge in [-0.15, -0.1) is 10.2 Å². The minimum atomic E-state index is 0.0368. The molecule has 0 aliphatic rings. The monoisotopic (exact) mass is 433 g/mol.